The lowest BCUT2D eigenvalue weighted by molar-refractivity contribution is 0.144. The molecule has 1 aliphatic rings. The predicted molar refractivity (Wildman–Crippen MR) is 85.7 cm³/mol. The van der Waals surface area contributed by atoms with Gasteiger partial charge in [-0.1, -0.05) is 33.1 Å². The zero-order valence-electron chi connectivity index (χ0n) is 14.0. The van der Waals surface area contributed by atoms with Crippen molar-refractivity contribution in [1.82, 2.24) is 10.2 Å². The first-order valence-electron chi connectivity index (χ1n) is 8.32. The first kappa shape index (κ1) is 17.0. The molecule has 1 atom stereocenters. The van der Waals surface area contributed by atoms with Crippen LogP contribution in [0, 0.1) is 5.41 Å². The largest absolute Gasteiger partial charge is 0.311 e. The highest BCUT2D eigenvalue weighted by Gasteiger charge is 2.28. The number of hydrogen-bond donors (Lipinski definition) is 1. The van der Waals surface area contributed by atoms with E-state index in [1.165, 1.54) is 58.2 Å². The van der Waals surface area contributed by atoms with Crippen molar-refractivity contribution >= 4 is 0 Å². The Balaban J connectivity index is 2.53. The number of nitrogens with zero attached hydrogens (tertiary/aromatic N) is 1. The fraction of sp³-hybridized carbons (Fsp3) is 1.00. The molecule has 0 spiro atoms. The molecule has 1 aliphatic heterocycles. The Kier molecular flexibility index (Phi) is 6.82. The quantitative estimate of drug-likeness (QED) is 0.781. The van der Waals surface area contributed by atoms with Crippen LogP contribution in [0.2, 0.25) is 0 Å². The summed E-state index contributed by atoms with van der Waals surface area (Å²) in [5.41, 5.74) is 0.653. The topological polar surface area (TPSA) is 15.3 Å². The Morgan fingerprint density at radius 3 is 2.00 bits per heavy atom. The molecular weight excluding hydrogens is 232 g/mol. The van der Waals surface area contributed by atoms with Crippen molar-refractivity contribution in [2.75, 3.05) is 26.2 Å². The van der Waals surface area contributed by atoms with Crippen LogP contribution in [0.5, 0.6) is 0 Å². The highest BCUT2D eigenvalue weighted by molar-refractivity contribution is 4.84. The molecule has 0 bridgehead atoms. The van der Waals surface area contributed by atoms with Crippen molar-refractivity contribution in [2.45, 2.75) is 78.7 Å². The molecule has 0 saturated carbocycles. The van der Waals surface area contributed by atoms with E-state index in [2.05, 4.69) is 44.8 Å². The molecule has 0 aromatic rings. The molecular formula is C17H36N2. The highest BCUT2D eigenvalue weighted by Crippen LogP contribution is 2.26. The molecule has 1 N–H and O–H groups in total. The minimum Gasteiger partial charge on any atom is -0.311 e. The van der Waals surface area contributed by atoms with Crippen molar-refractivity contribution in [3.8, 4) is 0 Å². The summed E-state index contributed by atoms with van der Waals surface area (Å²) in [6.45, 7) is 16.6. The van der Waals surface area contributed by atoms with Crippen LogP contribution in [0.25, 0.3) is 0 Å². The van der Waals surface area contributed by atoms with Crippen LogP contribution in [-0.4, -0.2) is 36.6 Å². The van der Waals surface area contributed by atoms with Crippen LogP contribution < -0.4 is 5.32 Å². The minimum atomic E-state index is 0.230. The standard InChI is InChI=1S/C17H36N2/c1-6-11-17(5,14-18-16(2,3)4)15-19-12-9-7-8-10-13-19/h18H,6-15H2,1-5H3. The van der Waals surface area contributed by atoms with E-state index in [0.717, 1.165) is 6.54 Å². The summed E-state index contributed by atoms with van der Waals surface area (Å²) in [6, 6.07) is 0. The molecule has 1 unspecified atom stereocenters. The number of nitrogens with one attached hydrogen (secondary N) is 1. The van der Waals surface area contributed by atoms with Gasteiger partial charge in [-0.25, -0.2) is 0 Å². The van der Waals surface area contributed by atoms with E-state index in [9.17, 15) is 0 Å². The normalized spacial score (nSPS) is 21.9. The van der Waals surface area contributed by atoms with Crippen molar-refractivity contribution in [3.63, 3.8) is 0 Å². The van der Waals surface area contributed by atoms with Crippen molar-refractivity contribution in [3.05, 3.63) is 0 Å². The molecule has 1 rings (SSSR count). The monoisotopic (exact) mass is 268 g/mol. The molecule has 114 valence electrons. The van der Waals surface area contributed by atoms with Gasteiger partial charge < -0.3 is 10.2 Å². The van der Waals surface area contributed by atoms with Gasteiger partial charge in [0.15, 0.2) is 0 Å². The Bertz CT molecular complexity index is 236. The van der Waals surface area contributed by atoms with Gasteiger partial charge in [-0.2, -0.15) is 0 Å². The fourth-order valence-electron chi connectivity index (χ4n) is 3.14. The Morgan fingerprint density at radius 1 is 0.947 bits per heavy atom. The van der Waals surface area contributed by atoms with Gasteiger partial charge in [0.25, 0.3) is 0 Å². The summed E-state index contributed by atoms with van der Waals surface area (Å²) >= 11 is 0. The lowest BCUT2D eigenvalue weighted by atomic mass is 9.84. The van der Waals surface area contributed by atoms with Crippen LogP contribution in [0.15, 0.2) is 0 Å². The smallest absolute Gasteiger partial charge is 0.00967 e. The molecule has 2 nitrogen and oxygen atoms in total. The average Bonchev–Trinajstić information content (AvgIpc) is 2.55. The molecule has 0 radical (unpaired) electrons. The van der Waals surface area contributed by atoms with Crippen LogP contribution in [0.4, 0.5) is 0 Å². The second-order valence-corrected chi connectivity index (χ2v) is 7.85. The van der Waals surface area contributed by atoms with E-state index in [4.69, 9.17) is 0 Å². The summed E-state index contributed by atoms with van der Waals surface area (Å²) in [5.74, 6) is 0. The first-order chi connectivity index (χ1) is 8.85. The summed E-state index contributed by atoms with van der Waals surface area (Å²) in [4.78, 5) is 2.72. The molecule has 1 saturated heterocycles. The molecule has 0 amide bonds. The maximum Gasteiger partial charge on any atom is 0.00967 e. The van der Waals surface area contributed by atoms with E-state index in [1.807, 2.05) is 0 Å². The maximum atomic E-state index is 3.73. The fourth-order valence-corrected chi connectivity index (χ4v) is 3.14. The summed E-state index contributed by atoms with van der Waals surface area (Å²) in [6.07, 6.45) is 8.27. The van der Waals surface area contributed by atoms with Gasteiger partial charge in [-0.15, -0.1) is 0 Å². The van der Waals surface area contributed by atoms with Gasteiger partial charge in [-0.3, -0.25) is 0 Å². The molecule has 2 heteroatoms. The van der Waals surface area contributed by atoms with Gasteiger partial charge >= 0.3 is 0 Å². The lowest BCUT2D eigenvalue weighted by Crippen LogP contribution is -2.47. The van der Waals surface area contributed by atoms with Crippen LogP contribution >= 0.6 is 0 Å². The zero-order chi connectivity index (χ0) is 14.4. The average molecular weight is 268 g/mol. The Morgan fingerprint density at radius 2 is 1.53 bits per heavy atom. The van der Waals surface area contributed by atoms with E-state index in [-0.39, 0.29) is 5.54 Å². The van der Waals surface area contributed by atoms with Gasteiger partial charge in [0.05, 0.1) is 0 Å². The zero-order valence-corrected chi connectivity index (χ0v) is 14.0. The lowest BCUT2D eigenvalue weighted by Gasteiger charge is -2.37. The van der Waals surface area contributed by atoms with Gasteiger partial charge in [0.2, 0.25) is 0 Å². The molecule has 0 aliphatic carbocycles. The second-order valence-electron chi connectivity index (χ2n) is 7.85. The van der Waals surface area contributed by atoms with E-state index in [1.54, 1.807) is 0 Å². The molecule has 0 aromatic heterocycles. The Labute approximate surface area is 121 Å². The second kappa shape index (κ2) is 7.64. The summed E-state index contributed by atoms with van der Waals surface area (Å²) < 4.78 is 0. The van der Waals surface area contributed by atoms with Crippen molar-refractivity contribution in [1.29, 1.82) is 0 Å². The van der Waals surface area contributed by atoms with E-state index < -0.39 is 0 Å². The van der Waals surface area contributed by atoms with Crippen molar-refractivity contribution in [2.24, 2.45) is 5.41 Å². The van der Waals surface area contributed by atoms with Crippen LogP contribution in [0.1, 0.15) is 73.1 Å². The first-order valence-corrected chi connectivity index (χ1v) is 8.32. The minimum absolute atomic E-state index is 0.230. The van der Waals surface area contributed by atoms with Crippen LogP contribution in [0.3, 0.4) is 0 Å². The SMILES string of the molecule is CCCC(C)(CNC(C)(C)C)CN1CCCCCC1. The van der Waals surface area contributed by atoms with Gasteiger partial charge in [0, 0.05) is 18.6 Å². The third-order valence-electron chi connectivity index (χ3n) is 4.20. The number of likely N-dealkylation sites (tertiary alicyclic amines) is 1. The Hall–Kier alpha value is -0.0800. The summed E-state index contributed by atoms with van der Waals surface area (Å²) in [7, 11) is 0. The number of rotatable bonds is 6. The third kappa shape index (κ3) is 7.31. The van der Waals surface area contributed by atoms with E-state index in [0.29, 0.717) is 5.41 Å². The van der Waals surface area contributed by atoms with Crippen molar-refractivity contribution < 1.29 is 0 Å². The molecule has 0 aromatic carbocycles. The van der Waals surface area contributed by atoms with E-state index >= 15 is 0 Å². The maximum absolute atomic E-state index is 3.73. The summed E-state index contributed by atoms with van der Waals surface area (Å²) in [5, 5.41) is 3.73. The number of hydrogen-bond acceptors (Lipinski definition) is 2. The van der Waals surface area contributed by atoms with Gasteiger partial charge in [-0.05, 0) is 58.5 Å². The third-order valence-corrected chi connectivity index (χ3v) is 4.20. The van der Waals surface area contributed by atoms with Crippen LogP contribution in [-0.2, 0) is 0 Å². The molecule has 19 heavy (non-hydrogen) atoms. The predicted octanol–water partition coefficient (Wildman–Crippen LogP) is 4.06. The molecule has 1 heterocycles. The molecule has 1 fully saturated rings. The van der Waals surface area contributed by atoms with Gasteiger partial charge in [0.1, 0.15) is 0 Å². The highest BCUT2D eigenvalue weighted by atomic mass is 15.1.